The number of esters is 1. The van der Waals surface area contributed by atoms with Gasteiger partial charge in [0.2, 0.25) is 12.1 Å². The topological polar surface area (TPSA) is 289 Å². The minimum Gasteiger partial charge on any atom is -0.477 e. The Hall–Kier alpha value is -3.73. The van der Waals surface area contributed by atoms with Crippen molar-refractivity contribution in [3.05, 3.63) is 59.7 Å². The fraction of sp³-hybridized carbons (Fsp3) is 0.639. The first kappa shape index (κ1) is 44.0. The molecule has 1 saturated carbocycles. The fourth-order valence-electron chi connectivity index (χ4n) is 6.85. The van der Waals surface area contributed by atoms with Gasteiger partial charge in [-0.05, 0) is 39.2 Å². The number of allylic oxidation sites excluding steroid dienone is 1. The molecule has 55 heavy (non-hydrogen) atoms. The number of ether oxygens (including phenoxy) is 5. The van der Waals surface area contributed by atoms with Crippen LogP contribution in [0.15, 0.2) is 64.7 Å². The molecule has 3 aliphatic heterocycles. The summed E-state index contributed by atoms with van der Waals surface area (Å²) in [6.07, 6.45) is 3.46. The van der Waals surface area contributed by atoms with E-state index in [1.807, 2.05) is 0 Å². The minimum atomic E-state index is -2.94. The van der Waals surface area contributed by atoms with Crippen molar-refractivity contribution in [1.29, 1.82) is 0 Å². The van der Waals surface area contributed by atoms with E-state index in [1.54, 1.807) is 12.2 Å². The van der Waals surface area contributed by atoms with E-state index in [4.69, 9.17) is 34.5 Å². The monoisotopic (exact) mass is 782 g/mol. The molecule has 0 amide bonds. The number of aliphatic imine (C=N–C) groups is 1. The molecule has 8 unspecified atom stereocenters. The van der Waals surface area contributed by atoms with Gasteiger partial charge in [0.05, 0.1) is 43.4 Å². The third-order valence-electron chi connectivity index (χ3n) is 9.74. The second-order valence-corrected chi connectivity index (χ2v) is 13.7. The predicted molar refractivity (Wildman–Crippen MR) is 193 cm³/mol. The van der Waals surface area contributed by atoms with Gasteiger partial charge in [-0.3, -0.25) is 10.3 Å². The molecule has 0 bridgehead atoms. The summed E-state index contributed by atoms with van der Waals surface area (Å²) in [5, 5.41) is 76.9. The molecule has 3 heterocycles. The van der Waals surface area contributed by atoms with E-state index in [0.717, 1.165) is 19.3 Å². The second-order valence-electron chi connectivity index (χ2n) is 13.7. The molecule has 1 saturated heterocycles. The van der Waals surface area contributed by atoms with E-state index >= 15 is 0 Å². The number of nitrogens with zero attached hydrogens (tertiary/aromatic N) is 1. The first-order valence-electron chi connectivity index (χ1n) is 18.4. The van der Waals surface area contributed by atoms with Gasteiger partial charge in [-0.25, -0.2) is 9.59 Å². The molecule has 19 nitrogen and oxygen atoms in total. The summed E-state index contributed by atoms with van der Waals surface area (Å²) < 4.78 is 29.3. The lowest BCUT2D eigenvalue weighted by atomic mass is 9.83. The Bertz CT molecular complexity index is 1480. The normalized spacial score (nSPS) is 30.3. The summed E-state index contributed by atoms with van der Waals surface area (Å²) >= 11 is 0. The van der Waals surface area contributed by atoms with Crippen molar-refractivity contribution in [2.24, 2.45) is 22.6 Å². The van der Waals surface area contributed by atoms with Gasteiger partial charge in [0.25, 0.3) is 0 Å². The highest BCUT2D eigenvalue weighted by Gasteiger charge is 2.57. The smallest absolute Gasteiger partial charge is 0.343 e. The van der Waals surface area contributed by atoms with E-state index in [9.17, 15) is 40.2 Å². The van der Waals surface area contributed by atoms with E-state index in [1.165, 1.54) is 25.6 Å². The maximum absolute atomic E-state index is 13.8. The third-order valence-corrected chi connectivity index (χ3v) is 9.74. The number of guanidine groups is 1. The zero-order valence-electron chi connectivity index (χ0n) is 30.9. The van der Waals surface area contributed by atoms with Gasteiger partial charge in [0.15, 0.2) is 18.4 Å². The second kappa shape index (κ2) is 21.0. The van der Waals surface area contributed by atoms with E-state index < -0.39 is 67.1 Å². The van der Waals surface area contributed by atoms with E-state index in [-0.39, 0.29) is 68.5 Å². The Morgan fingerprint density at radius 3 is 2.55 bits per heavy atom. The predicted octanol–water partition coefficient (Wildman–Crippen LogP) is -3.19. The molecule has 1 aliphatic carbocycles. The first-order valence-corrected chi connectivity index (χ1v) is 18.4. The number of nitrogens with two attached hydrogens (primary N) is 1. The van der Waals surface area contributed by atoms with Crippen molar-refractivity contribution in [3.63, 3.8) is 0 Å². The van der Waals surface area contributed by atoms with Crippen LogP contribution in [0.2, 0.25) is 0 Å². The SMILES string of the molecule is C=CC1C(OC2OC(CO)C(O)C(O)(O)C2OCNC)OC=C(C(=O)OC2CCCCC2)C1C=CC1=C(NC(N)=NCCCO)C(C(=O)O)=C[NH+](CCO)C1. The molecule has 8 atom stereocenters. The summed E-state index contributed by atoms with van der Waals surface area (Å²) in [6, 6.07) is 0. The molecule has 12 N–H and O–H groups in total. The van der Waals surface area contributed by atoms with Crippen molar-refractivity contribution in [3.8, 4) is 0 Å². The molecular formula is C36H56N5O14+. The van der Waals surface area contributed by atoms with E-state index in [2.05, 4.69) is 22.2 Å². The molecule has 308 valence electrons. The zero-order chi connectivity index (χ0) is 40.1. The largest absolute Gasteiger partial charge is 0.477 e. The van der Waals surface area contributed by atoms with Crippen LogP contribution in [0.3, 0.4) is 0 Å². The summed E-state index contributed by atoms with van der Waals surface area (Å²) in [5.41, 5.74) is 6.61. The highest BCUT2D eigenvalue weighted by Crippen LogP contribution is 2.39. The number of carboxylic acids is 1. The van der Waals surface area contributed by atoms with E-state index in [0.29, 0.717) is 29.7 Å². The van der Waals surface area contributed by atoms with Gasteiger partial charge in [-0.15, -0.1) is 6.58 Å². The van der Waals surface area contributed by atoms with Gasteiger partial charge < -0.3 is 75.4 Å². The molecule has 0 aromatic heterocycles. The number of aliphatic hydroxyl groups is 6. The molecule has 2 fully saturated rings. The lowest BCUT2D eigenvalue weighted by molar-refractivity contribution is -0.843. The number of carbonyl (C=O) groups is 2. The van der Waals surface area contributed by atoms with Gasteiger partial charge in [-0.1, -0.05) is 24.6 Å². The number of aliphatic hydroxyl groups excluding tert-OH is 4. The quantitative estimate of drug-likeness (QED) is 0.0163. The average Bonchev–Trinajstić information content (AvgIpc) is 3.16. The van der Waals surface area contributed by atoms with Gasteiger partial charge in [-0.2, -0.15) is 0 Å². The zero-order valence-corrected chi connectivity index (χ0v) is 30.9. The molecule has 0 aromatic rings. The van der Waals surface area contributed by atoms with Crippen LogP contribution in [0.25, 0.3) is 0 Å². The summed E-state index contributed by atoms with van der Waals surface area (Å²) in [4.78, 5) is 31.1. The molecule has 0 spiro atoms. The number of quaternary nitrogens is 1. The summed E-state index contributed by atoms with van der Waals surface area (Å²) in [6.45, 7) is 3.14. The number of hydrogen-bond acceptors (Lipinski definition) is 15. The molecule has 4 rings (SSSR count). The lowest BCUT2D eigenvalue weighted by Crippen LogP contribution is -3.09. The van der Waals surface area contributed by atoms with Crippen LogP contribution < -0.4 is 21.3 Å². The average molecular weight is 783 g/mol. The van der Waals surface area contributed by atoms with Crippen molar-refractivity contribution in [2.75, 3.05) is 53.2 Å². The summed E-state index contributed by atoms with van der Waals surface area (Å²) in [5.74, 6) is -6.76. The maximum Gasteiger partial charge on any atom is 0.343 e. The van der Waals surface area contributed by atoms with Crippen LogP contribution in [0, 0.1) is 11.8 Å². The van der Waals surface area contributed by atoms with Crippen molar-refractivity contribution in [1.82, 2.24) is 10.6 Å². The minimum absolute atomic E-state index is 0.0889. The highest BCUT2D eigenvalue weighted by molar-refractivity contribution is 5.94. The van der Waals surface area contributed by atoms with Crippen molar-refractivity contribution in [2.45, 2.75) is 81.3 Å². The first-order chi connectivity index (χ1) is 26.4. The molecule has 4 aliphatic rings. The molecular weight excluding hydrogens is 726 g/mol. The number of aliphatic carboxylic acids is 1. The van der Waals surface area contributed by atoms with Crippen LogP contribution >= 0.6 is 0 Å². The Morgan fingerprint density at radius 2 is 1.91 bits per heavy atom. The molecule has 0 aromatic carbocycles. The van der Waals surface area contributed by atoms with Gasteiger partial charge in [0.1, 0.15) is 43.2 Å². The third kappa shape index (κ3) is 11.2. The summed E-state index contributed by atoms with van der Waals surface area (Å²) in [7, 11) is 1.54. The Balaban J connectivity index is 1.76. The maximum atomic E-state index is 13.8. The van der Waals surface area contributed by atoms with Crippen LogP contribution in [0.4, 0.5) is 0 Å². The Morgan fingerprint density at radius 1 is 1.16 bits per heavy atom. The number of rotatable bonds is 18. The number of hydrogen-bond donors (Lipinski definition) is 11. The van der Waals surface area contributed by atoms with Crippen LogP contribution in [-0.2, 0) is 33.3 Å². The Kier molecular flexibility index (Phi) is 16.8. The van der Waals surface area contributed by atoms with Crippen molar-refractivity contribution >= 4 is 17.9 Å². The standard InChI is InChI=1S/C36H55N5O14/c1-3-23-24(11-10-21-16-41(13-15-43)17-25(31(46)47)28(21)40-35(37)39-12-7-14-42)26(32(48)53-22-8-5-4-6-9-22)19-51-33(23)55-34-30(52-20-38-2)36(49,50)29(45)27(18-44)54-34/h3,10-11,17,19,22-24,27,29-30,33-34,38,42-45,49-50H,1,4-9,12-16,18,20H2,2H3,(H,46,47)(H3,37,39,40)/p+1. The van der Waals surface area contributed by atoms with Crippen LogP contribution in [-0.4, -0.2) is 150 Å². The Labute approximate surface area is 319 Å². The lowest BCUT2D eigenvalue weighted by Gasteiger charge is -2.47. The van der Waals surface area contributed by atoms with Crippen LogP contribution in [0.1, 0.15) is 38.5 Å². The molecule has 0 radical (unpaired) electrons. The number of nitrogens with one attached hydrogen (secondary N) is 3. The van der Waals surface area contributed by atoms with Crippen molar-refractivity contribution < 1.29 is 73.9 Å². The van der Waals surface area contributed by atoms with Gasteiger partial charge in [0, 0.05) is 24.6 Å². The van der Waals surface area contributed by atoms with Gasteiger partial charge >= 0.3 is 11.9 Å². The number of carbonyl (C=O) groups excluding carboxylic acids is 1. The molecule has 19 heteroatoms. The highest BCUT2D eigenvalue weighted by atomic mass is 16.8. The van der Waals surface area contributed by atoms with Crippen LogP contribution in [0.5, 0.6) is 0 Å². The fourth-order valence-corrected chi connectivity index (χ4v) is 6.85. The number of carboxylic acid groups (broad SMARTS) is 1.